The molecular weight excluding hydrogens is 418 g/mol. The van der Waals surface area contributed by atoms with Gasteiger partial charge in [-0.3, -0.25) is 0 Å². The lowest BCUT2D eigenvalue weighted by atomic mass is 10.1. The van der Waals surface area contributed by atoms with Gasteiger partial charge in [-0.05, 0) is 44.0 Å². The molecule has 2 rings (SSSR count). The zero-order valence-electron chi connectivity index (χ0n) is 20.9. The fourth-order valence-electron chi connectivity index (χ4n) is 2.53. The van der Waals surface area contributed by atoms with Gasteiger partial charge >= 0.3 is 6.03 Å². The lowest BCUT2D eigenvalue weighted by molar-refractivity contribution is 0.215. The van der Waals surface area contributed by atoms with E-state index in [2.05, 4.69) is 47.9 Å². The zero-order valence-corrected chi connectivity index (χ0v) is 21.8. The van der Waals surface area contributed by atoms with Crippen molar-refractivity contribution in [2.75, 3.05) is 39.7 Å². The van der Waals surface area contributed by atoms with Gasteiger partial charge in [-0.1, -0.05) is 76.2 Å². The van der Waals surface area contributed by atoms with Gasteiger partial charge in [0.2, 0.25) is 0 Å². The van der Waals surface area contributed by atoms with Crippen molar-refractivity contribution in [3.8, 4) is 0 Å². The standard InChI is InChI=1S/C21H27N3OS.C3H8O.C2H6/c1-15(2)12-13-17(14-24(3)4)20(26)23-21(25)22-19-11-7-9-16-8-5-6-10-18(16)19;1-3-4-2;1-2/h5-13,15,26H,14H2,1-4H3,(H2,22,23,25);3H2,1-2H3;1-2H3/b13-12+,20-17+;;. The van der Waals surface area contributed by atoms with E-state index in [0.717, 1.165) is 28.6 Å². The second-order valence-electron chi connectivity index (χ2n) is 7.40. The second kappa shape index (κ2) is 17.3. The summed E-state index contributed by atoms with van der Waals surface area (Å²) in [6, 6.07) is 13.5. The van der Waals surface area contributed by atoms with Gasteiger partial charge in [0.15, 0.2) is 0 Å². The number of carbonyl (C=O) groups is 1. The molecular formula is C26H41N3O2S. The van der Waals surface area contributed by atoms with E-state index in [9.17, 15) is 4.79 Å². The summed E-state index contributed by atoms with van der Waals surface area (Å²) in [5, 5.41) is 8.39. The predicted octanol–water partition coefficient (Wildman–Crippen LogP) is 6.56. The minimum atomic E-state index is -0.305. The van der Waals surface area contributed by atoms with Crippen LogP contribution < -0.4 is 10.6 Å². The van der Waals surface area contributed by atoms with Crippen LogP contribution in [0.4, 0.5) is 10.5 Å². The number of likely N-dealkylation sites (N-methyl/N-ethyl adjacent to an activating group) is 1. The molecule has 0 saturated heterocycles. The van der Waals surface area contributed by atoms with Crippen molar-refractivity contribution in [2.24, 2.45) is 5.92 Å². The van der Waals surface area contributed by atoms with Crippen LogP contribution in [0, 0.1) is 5.92 Å². The molecule has 2 aromatic rings. The van der Waals surface area contributed by atoms with Gasteiger partial charge in [-0.2, -0.15) is 0 Å². The number of methoxy groups -OCH3 is 1. The first-order valence-corrected chi connectivity index (χ1v) is 11.5. The first-order valence-electron chi connectivity index (χ1n) is 11.1. The Morgan fingerprint density at radius 2 is 1.72 bits per heavy atom. The van der Waals surface area contributed by atoms with Gasteiger partial charge in [-0.25, -0.2) is 4.79 Å². The molecule has 0 aliphatic heterocycles. The van der Waals surface area contributed by atoms with Gasteiger partial charge in [0.25, 0.3) is 0 Å². The third kappa shape index (κ3) is 11.9. The average Bonchev–Trinajstić information content (AvgIpc) is 2.78. The maximum absolute atomic E-state index is 12.5. The van der Waals surface area contributed by atoms with E-state index in [1.807, 2.05) is 88.3 Å². The highest BCUT2D eigenvalue weighted by Gasteiger charge is 2.09. The first-order chi connectivity index (χ1) is 15.3. The van der Waals surface area contributed by atoms with E-state index in [4.69, 9.17) is 0 Å². The predicted molar refractivity (Wildman–Crippen MR) is 144 cm³/mol. The maximum atomic E-state index is 12.5. The number of amides is 2. The van der Waals surface area contributed by atoms with Crippen LogP contribution in [0.25, 0.3) is 10.8 Å². The lowest BCUT2D eigenvalue weighted by Crippen LogP contribution is -2.28. The van der Waals surface area contributed by atoms with E-state index in [1.54, 1.807) is 7.11 Å². The molecule has 0 aromatic heterocycles. The molecule has 0 atom stereocenters. The van der Waals surface area contributed by atoms with Crippen molar-refractivity contribution < 1.29 is 9.53 Å². The zero-order chi connectivity index (χ0) is 24.5. The maximum Gasteiger partial charge on any atom is 0.324 e. The summed E-state index contributed by atoms with van der Waals surface area (Å²) in [5.74, 6) is 0.429. The number of fused-ring (bicyclic) bond motifs is 1. The number of allylic oxidation sites excluding steroid dienone is 1. The van der Waals surface area contributed by atoms with Crippen LogP contribution >= 0.6 is 12.6 Å². The molecule has 0 radical (unpaired) electrons. The number of ether oxygens (including phenoxy) is 1. The molecule has 0 bridgehead atoms. The average molecular weight is 460 g/mol. The highest BCUT2D eigenvalue weighted by atomic mass is 32.1. The Bertz CT molecular complexity index is 854. The molecule has 0 aliphatic rings. The number of anilines is 1. The molecule has 32 heavy (non-hydrogen) atoms. The smallest absolute Gasteiger partial charge is 0.324 e. The Balaban J connectivity index is 0.00000144. The number of hydrogen-bond donors (Lipinski definition) is 3. The Kier molecular flexibility index (Phi) is 16.1. The molecule has 0 aliphatic carbocycles. The Hall–Kier alpha value is -2.28. The van der Waals surface area contributed by atoms with Crippen LogP contribution in [-0.2, 0) is 4.74 Å². The quantitative estimate of drug-likeness (QED) is 0.325. The molecule has 2 N–H and O–H groups in total. The van der Waals surface area contributed by atoms with Gasteiger partial charge < -0.3 is 20.3 Å². The number of benzene rings is 2. The van der Waals surface area contributed by atoms with E-state index in [0.29, 0.717) is 17.5 Å². The number of nitrogens with one attached hydrogen (secondary N) is 2. The SMILES string of the molecule is CC.CC(C)/C=C/C(CN(C)C)=C(\S)NC(=O)Nc1cccc2ccccc12.CCOC. The lowest BCUT2D eigenvalue weighted by Gasteiger charge is -2.15. The summed E-state index contributed by atoms with van der Waals surface area (Å²) < 4.78 is 4.54. The summed E-state index contributed by atoms with van der Waals surface area (Å²) in [6.07, 6.45) is 4.12. The van der Waals surface area contributed by atoms with Crippen molar-refractivity contribution in [1.82, 2.24) is 10.2 Å². The minimum absolute atomic E-state index is 0.305. The molecule has 0 saturated carbocycles. The van der Waals surface area contributed by atoms with Crippen molar-refractivity contribution in [1.29, 1.82) is 0 Å². The third-order valence-corrected chi connectivity index (χ3v) is 4.43. The van der Waals surface area contributed by atoms with Gasteiger partial charge in [0.05, 0.1) is 10.7 Å². The van der Waals surface area contributed by atoms with Crippen LogP contribution in [0.5, 0.6) is 0 Å². The normalized spacial score (nSPS) is 11.5. The number of nitrogens with zero attached hydrogens (tertiary/aromatic N) is 1. The summed E-state index contributed by atoms with van der Waals surface area (Å²) in [6.45, 7) is 11.7. The van der Waals surface area contributed by atoms with E-state index in [-0.39, 0.29) is 6.03 Å². The molecule has 2 aromatic carbocycles. The van der Waals surface area contributed by atoms with E-state index < -0.39 is 0 Å². The monoisotopic (exact) mass is 459 g/mol. The topological polar surface area (TPSA) is 53.6 Å². The Morgan fingerprint density at radius 3 is 2.28 bits per heavy atom. The van der Waals surface area contributed by atoms with Crippen molar-refractivity contribution in [2.45, 2.75) is 34.6 Å². The van der Waals surface area contributed by atoms with Crippen molar-refractivity contribution in [3.05, 3.63) is 65.2 Å². The summed E-state index contributed by atoms with van der Waals surface area (Å²) in [7, 11) is 5.65. The number of rotatable bonds is 7. The van der Waals surface area contributed by atoms with Crippen LogP contribution in [0.1, 0.15) is 34.6 Å². The molecule has 0 spiro atoms. The molecule has 2 amide bonds. The van der Waals surface area contributed by atoms with Crippen LogP contribution in [0.15, 0.2) is 65.2 Å². The van der Waals surface area contributed by atoms with Gasteiger partial charge in [-0.15, -0.1) is 12.6 Å². The largest absolute Gasteiger partial charge is 0.385 e. The van der Waals surface area contributed by atoms with E-state index in [1.165, 1.54) is 0 Å². The fraction of sp³-hybridized carbons (Fsp3) is 0.423. The number of hydrogen-bond acceptors (Lipinski definition) is 4. The van der Waals surface area contributed by atoms with Crippen molar-refractivity contribution >= 4 is 35.1 Å². The second-order valence-corrected chi connectivity index (χ2v) is 7.85. The first kappa shape index (κ1) is 29.7. The number of thiol groups is 1. The summed E-state index contributed by atoms with van der Waals surface area (Å²) in [4.78, 5) is 14.5. The number of urea groups is 1. The Labute approximate surface area is 200 Å². The summed E-state index contributed by atoms with van der Waals surface area (Å²) >= 11 is 4.51. The van der Waals surface area contributed by atoms with Gasteiger partial charge in [0.1, 0.15) is 0 Å². The molecule has 0 heterocycles. The number of carbonyl (C=O) groups excluding carboxylic acids is 1. The molecule has 178 valence electrons. The molecule has 6 heteroatoms. The van der Waals surface area contributed by atoms with E-state index >= 15 is 0 Å². The molecule has 0 unspecified atom stereocenters. The minimum Gasteiger partial charge on any atom is -0.385 e. The Morgan fingerprint density at radius 1 is 1.12 bits per heavy atom. The van der Waals surface area contributed by atoms with Crippen LogP contribution in [-0.4, -0.2) is 45.3 Å². The fourth-order valence-corrected chi connectivity index (χ4v) is 2.78. The molecule has 0 fully saturated rings. The van der Waals surface area contributed by atoms with Crippen LogP contribution in [0.3, 0.4) is 0 Å². The summed E-state index contributed by atoms with van der Waals surface area (Å²) in [5.41, 5.74) is 1.73. The third-order valence-electron chi connectivity index (χ3n) is 4.03. The highest BCUT2D eigenvalue weighted by molar-refractivity contribution is 7.84. The van der Waals surface area contributed by atoms with Crippen molar-refractivity contribution in [3.63, 3.8) is 0 Å². The van der Waals surface area contributed by atoms with Gasteiger partial charge in [0, 0.05) is 25.6 Å². The highest BCUT2D eigenvalue weighted by Crippen LogP contribution is 2.23. The molecule has 5 nitrogen and oxygen atoms in total. The van der Waals surface area contributed by atoms with Crippen LogP contribution in [0.2, 0.25) is 0 Å².